The Morgan fingerprint density at radius 2 is 2.05 bits per heavy atom. The third-order valence-corrected chi connectivity index (χ3v) is 2.80. The monoisotopic (exact) mass is 342 g/mol. The summed E-state index contributed by atoms with van der Waals surface area (Å²) in [7, 11) is 0. The van der Waals surface area contributed by atoms with Gasteiger partial charge in [0.25, 0.3) is 0 Å². The maximum absolute atomic E-state index is 11.5. The Balaban J connectivity index is 2.40. The van der Waals surface area contributed by atoms with Gasteiger partial charge in [0, 0.05) is 10.9 Å². The van der Waals surface area contributed by atoms with Gasteiger partial charge in [0.15, 0.2) is 6.29 Å². The van der Waals surface area contributed by atoms with Crippen LogP contribution in [0.4, 0.5) is 0 Å². The van der Waals surface area contributed by atoms with E-state index in [1.54, 1.807) is 18.2 Å². The second-order valence-electron chi connectivity index (χ2n) is 5.34. The molecule has 0 aromatic heterocycles. The summed E-state index contributed by atoms with van der Waals surface area (Å²) in [4.78, 5) is 22.4. The number of hydrogen-bond donors (Lipinski definition) is 0. The van der Waals surface area contributed by atoms with Crippen LogP contribution in [0.1, 0.15) is 44.0 Å². The fourth-order valence-electron chi connectivity index (χ4n) is 1.52. The van der Waals surface area contributed by atoms with Crippen LogP contribution < -0.4 is 4.74 Å². The van der Waals surface area contributed by atoms with Gasteiger partial charge in [-0.2, -0.15) is 0 Å². The number of halogens is 1. The minimum Gasteiger partial charge on any atom is -0.493 e. The fourth-order valence-corrected chi connectivity index (χ4v) is 1.86. The lowest BCUT2D eigenvalue weighted by molar-refractivity contribution is -0.155. The van der Waals surface area contributed by atoms with E-state index in [1.165, 1.54) is 0 Å². The molecule has 0 amide bonds. The standard InChI is InChI=1S/C15H19BrO4/c1-15(2,3)20-14(18)5-4-8-19-13-9-12(16)7-6-11(13)10-17/h6-7,9-10H,4-5,8H2,1-3H3. The number of esters is 1. The molecule has 0 bridgehead atoms. The highest BCUT2D eigenvalue weighted by Gasteiger charge is 2.15. The minimum absolute atomic E-state index is 0.244. The Morgan fingerprint density at radius 3 is 2.65 bits per heavy atom. The van der Waals surface area contributed by atoms with Gasteiger partial charge in [-0.1, -0.05) is 15.9 Å². The van der Waals surface area contributed by atoms with E-state index in [9.17, 15) is 9.59 Å². The molecule has 4 nitrogen and oxygen atoms in total. The third-order valence-electron chi connectivity index (χ3n) is 2.31. The first-order valence-corrected chi connectivity index (χ1v) is 7.20. The summed E-state index contributed by atoms with van der Waals surface area (Å²) in [5.74, 6) is 0.268. The highest BCUT2D eigenvalue weighted by Crippen LogP contribution is 2.22. The summed E-state index contributed by atoms with van der Waals surface area (Å²) in [6, 6.07) is 5.19. The molecule has 0 aliphatic carbocycles. The highest BCUT2D eigenvalue weighted by atomic mass is 79.9. The number of ether oxygens (including phenoxy) is 2. The van der Waals surface area contributed by atoms with E-state index < -0.39 is 5.60 Å². The van der Waals surface area contributed by atoms with Crippen molar-refractivity contribution in [1.29, 1.82) is 0 Å². The molecule has 1 aromatic carbocycles. The Bertz CT molecular complexity index is 477. The highest BCUT2D eigenvalue weighted by molar-refractivity contribution is 9.10. The van der Waals surface area contributed by atoms with Crippen molar-refractivity contribution in [2.45, 2.75) is 39.2 Å². The van der Waals surface area contributed by atoms with Gasteiger partial charge in [-0.25, -0.2) is 0 Å². The zero-order valence-electron chi connectivity index (χ0n) is 11.9. The Morgan fingerprint density at radius 1 is 1.35 bits per heavy atom. The van der Waals surface area contributed by atoms with Crippen molar-refractivity contribution in [3.63, 3.8) is 0 Å². The molecular weight excluding hydrogens is 324 g/mol. The number of rotatable bonds is 6. The molecule has 0 atom stereocenters. The zero-order valence-corrected chi connectivity index (χ0v) is 13.5. The smallest absolute Gasteiger partial charge is 0.306 e. The number of carbonyl (C=O) groups excluding carboxylic acids is 2. The molecular formula is C15H19BrO4. The van der Waals surface area contributed by atoms with Crippen molar-refractivity contribution < 1.29 is 19.1 Å². The summed E-state index contributed by atoms with van der Waals surface area (Å²) in [5.41, 5.74) is 0.0258. The second-order valence-corrected chi connectivity index (χ2v) is 6.25. The molecule has 0 unspecified atom stereocenters. The van der Waals surface area contributed by atoms with Gasteiger partial charge in [-0.3, -0.25) is 9.59 Å². The molecule has 0 aliphatic heterocycles. The van der Waals surface area contributed by atoms with Crippen LogP contribution in [0.5, 0.6) is 5.75 Å². The van der Waals surface area contributed by atoms with Gasteiger partial charge < -0.3 is 9.47 Å². The molecule has 1 aromatic rings. The molecule has 0 fully saturated rings. The van der Waals surface area contributed by atoms with Gasteiger partial charge in [-0.05, 0) is 45.4 Å². The van der Waals surface area contributed by atoms with E-state index in [1.807, 2.05) is 20.8 Å². The van der Waals surface area contributed by atoms with Crippen molar-refractivity contribution in [2.24, 2.45) is 0 Å². The molecule has 0 N–H and O–H groups in total. The van der Waals surface area contributed by atoms with Crippen molar-refractivity contribution in [1.82, 2.24) is 0 Å². The topological polar surface area (TPSA) is 52.6 Å². The number of benzene rings is 1. The predicted molar refractivity (Wildman–Crippen MR) is 80.1 cm³/mol. The van der Waals surface area contributed by atoms with Crippen LogP contribution in [0.3, 0.4) is 0 Å². The van der Waals surface area contributed by atoms with Gasteiger partial charge in [-0.15, -0.1) is 0 Å². The lowest BCUT2D eigenvalue weighted by Crippen LogP contribution is -2.24. The molecule has 0 heterocycles. The van der Waals surface area contributed by atoms with E-state index in [0.29, 0.717) is 30.8 Å². The Labute approximate surface area is 127 Å². The first-order chi connectivity index (χ1) is 9.31. The SMILES string of the molecule is CC(C)(C)OC(=O)CCCOc1cc(Br)ccc1C=O. The van der Waals surface area contributed by atoms with Crippen LogP contribution in [0, 0.1) is 0 Å². The van der Waals surface area contributed by atoms with Crippen molar-refractivity contribution in [3.8, 4) is 5.75 Å². The van der Waals surface area contributed by atoms with Crippen molar-refractivity contribution >= 4 is 28.2 Å². The maximum atomic E-state index is 11.5. The maximum Gasteiger partial charge on any atom is 0.306 e. The fraction of sp³-hybridized carbons (Fsp3) is 0.467. The van der Waals surface area contributed by atoms with E-state index in [2.05, 4.69) is 15.9 Å². The van der Waals surface area contributed by atoms with Crippen LogP contribution in [0.15, 0.2) is 22.7 Å². The molecule has 1 rings (SSSR count). The molecule has 5 heteroatoms. The summed E-state index contributed by atoms with van der Waals surface area (Å²) < 4.78 is 11.6. The summed E-state index contributed by atoms with van der Waals surface area (Å²) >= 11 is 3.32. The molecule has 0 saturated carbocycles. The quantitative estimate of drug-likeness (QED) is 0.448. The zero-order chi connectivity index (χ0) is 15.2. The molecule has 0 aliphatic rings. The van der Waals surface area contributed by atoms with Crippen LogP contribution in [0.2, 0.25) is 0 Å². The Hall–Kier alpha value is -1.36. The average Bonchev–Trinajstić information content (AvgIpc) is 2.33. The number of hydrogen-bond acceptors (Lipinski definition) is 4. The van der Waals surface area contributed by atoms with Gasteiger partial charge >= 0.3 is 5.97 Å². The number of carbonyl (C=O) groups is 2. The second kappa shape index (κ2) is 7.43. The summed E-state index contributed by atoms with van der Waals surface area (Å²) in [5, 5.41) is 0. The Kier molecular flexibility index (Phi) is 6.20. The van der Waals surface area contributed by atoms with Crippen LogP contribution in [0.25, 0.3) is 0 Å². The molecule has 0 saturated heterocycles. The van der Waals surface area contributed by atoms with Crippen LogP contribution in [-0.2, 0) is 9.53 Å². The average molecular weight is 343 g/mol. The molecule has 0 radical (unpaired) electrons. The predicted octanol–water partition coefficient (Wildman–Crippen LogP) is 3.76. The minimum atomic E-state index is -0.465. The van der Waals surface area contributed by atoms with Crippen molar-refractivity contribution in [3.05, 3.63) is 28.2 Å². The van der Waals surface area contributed by atoms with E-state index in [4.69, 9.17) is 9.47 Å². The molecule has 0 spiro atoms. The van der Waals surface area contributed by atoms with Crippen molar-refractivity contribution in [2.75, 3.05) is 6.61 Å². The summed E-state index contributed by atoms with van der Waals surface area (Å²) in [6.45, 7) is 5.86. The van der Waals surface area contributed by atoms with E-state index >= 15 is 0 Å². The first kappa shape index (κ1) is 16.7. The normalized spacial score (nSPS) is 11.0. The first-order valence-electron chi connectivity index (χ1n) is 6.41. The third kappa shape index (κ3) is 6.19. The van der Waals surface area contributed by atoms with Gasteiger partial charge in [0.2, 0.25) is 0 Å². The molecule has 110 valence electrons. The van der Waals surface area contributed by atoms with Crippen LogP contribution in [-0.4, -0.2) is 24.5 Å². The lowest BCUT2D eigenvalue weighted by atomic mass is 10.2. The number of aldehydes is 1. The molecule has 20 heavy (non-hydrogen) atoms. The van der Waals surface area contributed by atoms with E-state index in [0.717, 1.165) is 10.8 Å². The lowest BCUT2D eigenvalue weighted by Gasteiger charge is -2.19. The summed E-state index contributed by atoms with van der Waals surface area (Å²) in [6.07, 6.45) is 1.58. The van der Waals surface area contributed by atoms with Crippen LogP contribution >= 0.6 is 15.9 Å². The van der Waals surface area contributed by atoms with E-state index in [-0.39, 0.29) is 5.97 Å². The van der Waals surface area contributed by atoms with Gasteiger partial charge in [0.05, 0.1) is 12.2 Å². The largest absolute Gasteiger partial charge is 0.493 e. The van der Waals surface area contributed by atoms with Gasteiger partial charge in [0.1, 0.15) is 11.4 Å².